The lowest BCUT2D eigenvalue weighted by Gasteiger charge is -2.47. The highest BCUT2D eigenvalue weighted by Crippen LogP contribution is 2.51. The van der Waals surface area contributed by atoms with E-state index in [4.69, 9.17) is 0 Å². The standard InChI is InChI=1S/C21H28N2/c1-2-3-9-21-10-5-8-18-6-4-7-19(20(18)21)13-17(14-21)15-23-12-11-22-16-23/h4,6-7,11-12,16-17H,2-3,5,8-10,13-15H2,1H3/t17-,21+/m0/s1. The molecule has 1 heterocycles. The Bertz CT molecular complexity index is 658. The fourth-order valence-electron chi connectivity index (χ4n) is 5.28. The minimum atomic E-state index is 0.462. The lowest BCUT2D eigenvalue weighted by molar-refractivity contribution is 0.215. The summed E-state index contributed by atoms with van der Waals surface area (Å²) in [6.45, 7) is 3.45. The minimum absolute atomic E-state index is 0.462. The molecule has 0 aliphatic heterocycles. The molecular weight excluding hydrogens is 280 g/mol. The Balaban J connectivity index is 1.70. The van der Waals surface area contributed by atoms with E-state index in [9.17, 15) is 0 Å². The van der Waals surface area contributed by atoms with Gasteiger partial charge in [0.1, 0.15) is 0 Å². The smallest absolute Gasteiger partial charge is 0.0945 e. The van der Waals surface area contributed by atoms with Gasteiger partial charge >= 0.3 is 0 Å². The third-order valence-corrected chi connectivity index (χ3v) is 6.09. The van der Waals surface area contributed by atoms with Crippen molar-refractivity contribution in [2.75, 3.05) is 0 Å². The summed E-state index contributed by atoms with van der Waals surface area (Å²) < 4.78 is 2.27. The molecule has 0 N–H and O–H groups in total. The molecule has 0 fully saturated rings. The van der Waals surface area contributed by atoms with Crippen LogP contribution in [0.25, 0.3) is 0 Å². The molecule has 0 unspecified atom stereocenters. The number of unbranched alkanes of at least 4 members (excludes halogenated alkanes) is 1. The van der Waals surface area contributed by atoms with E-state index >= 15 is 0 Å². The molecule has 0 radical (unpaired) electrons. The van der Waals surface area contributed by atoms with E-state index in [-0.39, 0.29) is 0 Å². The summed E-state index contributed by atoms with van der Waals surface area (Å²) in [7, 11) is 0. The molecule has 0 amide bonds. The summed E-state index contributed by atoms with van der Waals surface area (Å²) >= 11 is 0. The Labute approximate surface area is 139 Å². The lowest BCUT2D eigenvalue weighted by atomic mass is 9.58. The van der Waals surface area contributed by atoms with E-state index in [1.165, 1.54) is 51.4 Å². The van der Waals surface area contributed by atoms with Crippen molar-refractivity contribution in [3.8, 4) is 0 Å². The monoisotopic (exact) mass is 308 g/mol. The Kier molecular flexibility index (Phi) is 4.00. The molecule has 2 atom stereocenters. The Morgan fingerprint density at radius 3 is 3.04 bits per heavy atom. The summed E-state index contributed by atoms with van der Waals surface area (Å²) in [5, 5.41) is 0. The second kappa shape index (κ2) is 6.14. The van der Waals surface area contributed by atoms with Crippen LogP contribution in [0.1, 0.15) is 62.1 Å². The molecule has 0 saturated carbocycles. The van der Waals surface area contributed by atoms with Crippen LogP contribution < -0.4 is 0 Å². The molecule has 23 heavy (non-hydrogen) atoms. The molecule has 0 bridgehead atoms. The highest BCUT2D eigenvalue weighted by atomic mass is 15.0. The SMILES string of the molecule is CCCC[C@]12CCCc3cccc(c31)C[C@H](Cn1ccnc1)C2. The van der Waals surface area contributed by atoms with Gasteiger partial charge in [0.2, 0.25) is 0 Å². The van der Waals surface area contributed by atoms with E-state index < -0.39 is 0 Å². The molecule has 122 valence electrons. The lowest BCUT2D eigenvalue weighted by Crippen LogP contribution is -2.39. The van der Waals surface area contributed by atoms with E-state index in [2.05, 4.69) is 40.9 Å². The Morgan fingerprint density at radius 1 is 1.30 bits per heavy atom. The summed E-state index contributed by atoms with van der Waals surface area (Å²) in [5.74, 6) is 0.752. The molecule has 2 nitrogen and oxygen atoms in total. The van der Waals surface area contributed by atoms with Crippen molar-refractivity contribution >= 4 is 0 Å². The first-order chi connectivity index (χ1) is 11.3. The van der Waals surface area contributed by atoms with E-state index in [1.54, 1.807) is 16.7 Å². The maximum atomic E-state index is 4.23. The third kappa shape index (κ3) is 2.73. The summed E-state index contributed by atoms with van der Waals surface area (Å²) in [5.41, 5.74) is 5.53. The second-order valence-electron chi connectivity index (χ2n) is 7.72. The van der Waals surface area contributed by atoms with Crippen molar-refractivity contribution in [2.45, 2.75) is 70.3 Å². The van der Waals surface area contributed by atoms with Gasteiger partial charge in [-0.2, -0.15) is 0 Å². The van der Waals surface area contributed by atoms with Gasteiger partial charge in [-0.15, -0.1) is 0 Å². The van der Waals surface area contributed by atoms with Crippen molar-refractivity contribution < 1.29 is 0 Å². The summed E-state index contributed by atoms with van der Waals surface area (Å²) in [6.07, 6.45) is 16.7. The molecule has 2 heteroatoms. The fourth-order valence-corrected chi connectivity index (χ4v) is 5.28. The number of hydrogen-bond acceptors (Lipinski definition) is 1. The van der Waals surface area contributed by atoms with Crippen LogP contribution in [0.4, 0.5) is 0 Å². The van der Waals surface area contributed by atoms with Crippen molar-refractivity contribution in [1.82, 2.24) is 9.55 Å². The quantitative estimate of drug-likeness (QED) is 0.767. The number of aryl methyl sites for hydroxylation is 1. The van der Waals surface area contributed by atoms with Gasteiger partial charge in [0.15, 0.2) is 0 Å². The number of nitrogens with zero attached hydrogens (tertiary/aromatic N) is 2. The largest absolute Gasteiger partial charge is 0.337 e. The molecule has 2 aromatic rings. The van der Waals surface area contributed by atoms with Crippen LogP contribution in [0, 0.1) is 5.92 Å². The van der Waals surface area contributed by atoms with Gasteiger partial charge in [-0.05, 0) is 66.5 Å². The molecular formula is C21H28N2. The van der Waals surface area contributed by atoms with Crippen molar-refractivity contribution in [3.63, 3.8) is 0 Å². The Hall–Kier alpha value is -1.57. The van der Waals surface area contributed by atoms with Gasteiger partial charge in [0.25, 0.3) is 0 Å². The van der Waals surface area contributed by atoms with Crippen molar-refractivity contribution in [3.05, 3.63) is 53.6 Å². The summed E-state index contributed by atoms with van der Waals surface area (Å²) in [6, 6.07) is 7.10. The maximum absolute atomic E-state index is 4.23. The van der Waals surface area contributed by atoms with Crippen LogP contribution in [-0.4, -0.2) is 9.55 Å². The molecule has 2 aliphatic carbocycles. The van der Waals surface area contributed by atoms with Gasteiger partial charge in [-0.3, -0.25) is 0 Å². The number of imidazole rings is 1. The second-order valence-corrected chi connectivity index (χ2v) is 7.72. The molecule has 1 aromatic carbocycles. The van der Waals surface area contributed by atoms with E-state index in [0.717, 1.165) is 12.5 Å². The van der Waals surface area contributed by atoms with Gasteiger partial charge in [-0.1, -0.05) is 38.0 Å². The zero-order valence-corrected chi connectivity index (χ0v) is 14.3. The van der Waals surface area contributed by atoms with Crippen LogP contribution >= 0.6 is 0 Å². The molecule has 4 rings (SSSR count). The summed E-state index contributed by atoms with van der Waals surface area (Å²) in [4.78, 5) is 4.23. The zero-order valence-electron chi connectivity index (χ0n) is 14.3. The van der Waals surface area contributed by atoms with Crippen LogP contribution in [0.2, 0.25) is 0 Å². The first kappa shape index (κ1) is 15.0. The van der Waals surface area contributed by atoms with Crippen LogP contribution in [0.15, 0.2) is 36.9 Å². The minimum Gasteiger partial charge on any atom is -0.337 e. The highest BCUT2D eigenvalue weighted by molar-refractivity contribution is 5.45. The first-order valence-corrected chi connectivity index (χ1v) is 9.38. The predicted molar refractivity (Wildman–Crippen MR) is 94.6 cm³/mol. The highest BCUT2D eigenvalue weighted by Gasteiger charge is 2.42. The van der Waals surface area contributed by atoms with Gasteiger partial charge in [0.05, 0.1) is 6.33 Å². The van der Waals surface area contributed by atoms with Crippen LogP contribution in [-0.2, 0) is 24.8 Å². The van der Waals surface area contributed by atoms with Crippen LogP contribution in [0.5, 0.6) is 0 Å². The number of hydrogen-bond donors (Lipinski definition) is 0. The van der Waals surface area contributed by atoms with E-state index in [1.807, 2.05) is 12.5 Å². The van der Waals surface area contributed by atoms with Crippen LogP contribution in [0.3, 0.4) is 0 Å². The topological polar surface area (TPSA) is 17.8 Å². The molecule has 1 aromatic heterocycles. The molecule has 0 saturated heterocycles. The zero-order chi connectivity index (χ0) is 15.7. The molecule has 0 spiro atoms. The number of aromatic nitrogens is 2. The van der Waals surface area contributed by atoms with Crippen molar-refractivity contribution in [2.24, 2.45) is 5.92 Å². The maximum Gasteiger partial charge on any atom is 0.0945 e. The van der Waals surface area contributed by atoms with E-state index in [0.29, 0.717) is 5.41 Å². The van der Waals surface area contributed by atoms with Crippen molar-refractivity contribution in [1.29, 1.82) is 0 Å². The van der Waals surface area contributed by atoms with Gasteiger partial charge < -0.3 is 4.57 Å². The molecule has 2 aliphatic rings. The van der Waals surface area contributed by atoms with Gasteiger partial charge in [0, 0.05) is 18.9 Å². The Morgan fingerprint density at radius 2 is 2.22 bits per heavy atom. The first-order valence-electron chi connectivity index (χ1n) is 9.38. The third-order valence-electron chi connectivity index (χ3n) is 6.09. The normalized spacial score (nSPS) is 26.0. The predicted octanol–water partition coefficient (Wildman–Crippen LogP) is 4.91. The average Bonchev–Trinajstić information content (AvgIpc) is 3.06. The number of benzene rings is 1. The number of rotatable bonds is 5. The van der Waals surface area contributed by atoms with Gasteiger partial charge in [-0.25, -0.2) is 4.98 Å². The average molecular weight is 308 g/mol. The fraction of sp³-hybridized carbons (Fsp3) is 0.571.